The molecule has 6 nitrogen and oxygen atoms in total. The molecular weight excluding hydrogens is 375 g/mol. The summed E-state index contributed by atoms with van der Waals surface area (Å²) in [6.45, 7) is 1.36. The van der Waals surface area contributed by atoms with Crippen LogP contribution < -0.4 is 16.0 Å². The average molecular weight is 397 g/mol. The van der Waals surface area contributed by atoms with E-state index in [2.05, 4.69) is 20.9 Å². The highest BCUT2D eigenvalue weighted by molar-refractivity contribution is 6.04. The van der Waals surface area contributed by atoms with Crippen molar-refractivity contribution in [3.05, 3.63) is 59.9 Å². The molecule has 1 aromatic carbocycles. The third-order valence-electron chi connectivity index (χ3n) is 3.98. The second-order valence-electron chi connectivity index (χ2n) is 5.76. The third-order valence-corrected chi connectivity index (χ3v) is 3.98. The molecule has 0 saturated carbocycles. The lowest BCUT2D eigenvalue weighted by Crippen LogP contribution is -2.39. The molecule has 1 aliphatic rings. The zero-order valence-electron chi connectivity index (χ0n) is 14.1. The Morgan fingerprint density at radius 2 is 1.92 bits per heavy atom. The Morgan fingerprint density at radius 1 is 1.15 bits per heavy atom. The highest BCUT2D eigenvalue weighted by Gasteiger charge is 2.21. The number of nitrogens with one attached hydrogen (secondary N) is 3. The van der Waals surface area contributed by atoms with Crippen LogP contribution in [0.2, 0.25) is 0 Å². The summed E-state index contributed by atoms with van der Waals surface area (Å²) in [5.41, 5.74) is 2.17. The molecule has 3 N–H and O–H groups in total. The third kappa shape index (κ3) is 5.98. The highest BCUT2D eigenvalue weighted by Crippen LogP contribution is 2.10. The van der Waals surface area contributed by atoms with Gasteiger partial charge in [0.1, 0.15) is 0 Å². The Bertz CT molecular complexity index is 705. The number of amides is 2. The standard InChI is InChI=1S/C18H20N4O2.2ClH/c23-17(22-15-3-1-9-19-12-15)14-7-5-13(6-8-14)11-21-18(24)16-4-2-10-20-16;;/h1,3,5-9,12,16,20H,2,4,10-11H2,(H,21,24)(H,22,23);2*1H. The Kier molecular flexibility index (Phi) is 9.05. The molecule has 2 heterocycles. The van der Waals surface area contributed by atoms with Crippen molar-refractivity contribution >= 4 is 42.3 Å². The fraction of sp³-hybridized carbons (Fsp3) is 0.278. The van der Waals surface area contributed by atoms with E-state index in [1.807, 2.05) is 12.1 Å². The number of halogens is 2. The van der Waals surface area contributed by atoms with Gasteiger partial charge in [-0.1, -0.05) is 12.1 Å². The number of carbonyl (C=O) groups is 2. The van der Waals surface area contributed by atoms with Gasteiger partial charge in [-0.2, -0.15) is 0 Å². The summed E-state index contributed by atoms with van der Waals surface area (Å²) in [6.07, 6.45) is 5.18. The Morgan fingerprint density at radius 3 is 2.54 bits per heavy atom. The maximum atomic E-state index is 12.1. The first kappa shape index (κ1) is 21.9. The molecule has 140 valence electrons. The largest absolute Gasteiger partial charge is 0.351 e. The van der Waals surface area contributed by atoms with Crippen LogP contribution in [0.15, 0.2) is 48.8 Å². The fourth-order valence-corrected chi connectivity index (χ4v) is 2.63. The van der Waals surface area contributed by atoms with Crippen LogP contribution in [0, 0.1) is 0 Å². The second kappa shape index (κ2) is 10.8. The lowest BCUT2D eigenvalue weighted by molar-refractivity contribution is -0.122. The van der Waals surface area contributed by atoms with E-state index in [0.29, 0.717) is 17.8 Å². The second-order valence-corrected chi connectivity index (χ2v) is 5.76. The zero-order valence-corrected chi connectivity index (χ0v) is 15.7. The van der Waals surface area contributed by atoms with E-state index in [1.165, 1.54) is 0 Å². The summed E-state index contributed by atoms with van der Waals surface area (Å²) >= 11 is 0. The smallest absolute Gasteiger partial charge is 0.255 e. The number of anilines is 1. The Labute approximate surface area is 165 Å². The van der Waals surface area contributed by atoms with Gasteiger partial charge >= 0.3 is 0 Å². The quantitative estimate of drug-likeness (QED) is 0.724. The van der Waals surface area contributed by atoms with Crippen LogP contribution in [-0.2, 0) is 11.3 Å². The van der Waals surface area contributed by atoms with E-state index in [-0.39, 0.29) is 42.7 Å². The van der Waals surface area contributed by atoms with Crippen molar-refractivity contribution in [3.63, 3.8) is 0 Å². The Balaban J connectivity index is 0.00000169. The van der Waals surface area contributed by atoms with Crippen LogP contribution in [-0.4, -0.2) is 29.4 Å². The van der Waals surface area contributed by atoms with Gasteiger partial charge < -0.3 is 16.0 Å². The molecule has 1 aromatic heterocycles. The summed E-state index contributed by atoms with van der Waals surface area (Å²) in [6, 6.07) is 10.7. The van der Waals surface area contributed by atoms with Crippen molar-refractivity contribution in [3.8, 4) is 0 Å². The summed E-state index contributed by atoms with van der Waals surface area (Å²) < 4.78 is 0. The summed E-state index contributed by atoms with van der Waals surface area (Å²) in [7, 11) is 0. The molecule has 1 fully saturated rings. The van der Waals surface area contributed by atoms with E-state index < -0.39 is 0 Å². The first-order valence-corrected chi connectivity index (χ1v) is 8.04. The van der Waals surface area contributed by atoms with Crippen molar-refractivity contribution in [2.24, 2.45) is 0 Å². The maximum absolute atomic E-state index is 12.1. The molecule has 1 aliphatic heterocycles. The Hall–Kier alpha value is -2.15. The fourth-order valence-electron chi connectivity index (χ4n) is 2.63. The lowest BCUT2D eigenvalue weighted by atomic mass is 10.1. The molecule has 3 rings (SSSR count). The van der Waals surface area contributed by atoms with Crippen molar-refractivity contribution in [1.82, 2.24) is 15.6 Å². The molecular formula is C18H22Cl2N4O2. The molecule has 0 bridgehead atoms. The number of pyridine rings is 1. The number of hydrogen-bond donors (Lipinski definition) is 3. The van der Waals surface area contributed by atoms with Gasteiger partial charge in [0, 0.05) is 18.3 Å². The number of benzene rings is 1. The summed E-state index contributed by atoms with van der Waals surface area (Å²) in [5.74, 6) is -0.153. The first-order valence-electron chi connectivity index (χ1n) is 8.04. The van der Waals surface area contributed by atoms with Crippen LogP contribution in [0.4, 0.5) is 5.69 Å². The summed E-state index contributed by atoms with van der Waals surface area (Å²) in [5, 5.41) is 8.87. The van der Waals surface area contributed by atoms with E-state index >= 15 is 0 Å². The van der Waals surface area contributed by atoms with Gasteiger partial charge in [-0.25, -0.2) is 0 Å². The topological polar surface area (TPSA) is 83.1 Å². The van der Waals surface area contributed by atoms with E-state index in [1.54, 1.807) is 36.7 Å². The number of carbonyl (C=O) groups excluding carboxylic acids is 2. The minimum Gasteiger partial charge on any atom is -0.351 e. The van der Waals surface area contributed by atoms with Gasteiger partial charge in [-0.05, 0) is 49.2 Å². The van der Waals surface area contributed by atoms with Crippen molar-refractivity contribution in [2.75, 3.05) is 11.9 Å². The predicted molar refractivity (Wildman–Crippen MR) is 106 cm³/mol. The van der Waals surface area contributed by atoms with Gasteiger partial charge in [0.15, 0.2) is 0 Å². The van der Waals surface area contributed by atoms with Crippen molar-refractivity contribution < 1.29 is 9.59 Å². The van der Waals surface area contributed by atoms with Gasteiger partial charge in [-0.3, -0.25) is 14.6 Å². The van der Waals surface area contributed by atoms with Gasteiger partial charge in [-0.15, -0.1) is 24.8 Å². The van der Waals surface area contributed by atoms with Crippen LogP contribution in [0.1, 0.15) is 28.8 Å². The molecule has 0 radical (unpaired) electrons. The molecule has 1 saturated heterocycles. The molecule has 2 aromatic rings. The number of nitrogens with zero attached hydrogens (tertiary/aromatic N) is 1. The molecule has 0 aliphatic carbocycles. The number of rotatable bonds is 5. The maximum Gasteiger partial charge on any atom is 0.255 e. The average Bonchev–Trinajstić information content (AvgIpc) is 3.16. The molecule has 0 spiro atoms. The molecule has 26 heavy (non-hydrogen) atoms. The summed E-state index contributed by atoms with van der Waals surface area (Å²) in [4.78, 5) is 28.1. The molecule has 1 atom stereocenters. The van der Waals surface area contributed by atoms with E-state index in [4.69, 9.17) is 0 Å². The minimum atomic E-state index is -0.186. The van der Waals surface area contributed by atoms with E-state index in [9.17, 15) is 9.59 Å². The number of hydrogen-bond acceptors (Lipinski definition) is 4. The van der Waals surface area contributed by atoms with Gasteiger partial charge in [0.2, 0.25) is 5.91 Å². The van der Waals surface area contributed by atoms with Crippen molar-refractivity contribution in [1.29, 1.82) is 0 Å². The van der Waals surface area contributed by atoms with Crippen LogP contribution in [0.5, 0.6) is 0 Å². The SMILES string of the molecule is Cl.Cl.O=C(Nc1cccnc1)c1ccc(CNC(=O)C2CCCN2)cc1. The van der Waals surface area contributed by atoms with E-state index in [0.717, 1.165) is 24.9 Å². The zero-order chi connectivity index (χ0) is 16.8. The lowest BCUT2D eigenvalue weighted by Gasteiger charge is -2.11. The molecule has 1 unspecified atom stereocenters. The highest BCUT2D eigenvalue weighted by atomic mass is 35.5. The minimum absolute atomic E-state index is 0. The number of aromatic nitrogens is 1. The van der Waals surface area contributed by atoms with Gasteiger partial charge in [0.25, 0.3) is 5.91 Å². The van der Waals surface area contributed by atoms with Crippen LogP contribution in [0.3, 0.4) is 0 Å². The molecule has 8 heteroatoms. The van der Waals surface area contributed by atoms with Crippen LogP contribution in [0.25, 0.3) is 0 Å². The normalized spacial score (nSPS) is 15.3. The monoisotopic (exact) mass is 396 g/mol. The molecule has 2 amide bonds. The van der Waals surface area contributed by atoms with Crippen LogP contribution >= 0.6 is 24.8 Å². The predicted octanol–water partition coefficient (Wildman–Crippen LogP) is 2.55. The van der Waals surface area contributed by atoms with Gasteiger partial charge in [0.05, 0.1) is 17.9 Å². The van der Waals surface area contributed by atoms with Crippen molar-refractivity contribution in [2.45, 2.75) is 25.4 Å². The first-order chi connectivity index (χ1) is 11.7.